The van der Waals surface area contributed by atoms with Crippen LogP contribution in [0, 0.1) is 0 Å². The van der Waals surface area contributed by atoms with Gasteiger partial charge in [-0.2, -0.15) is 4.31 Å². The summed E-state index contributed by atoms with van der Waals surface area (Å²) in [6.45, 7) is 4.99. The van der Waals surface area contributed by atoms with Crippen LogP contribution in [-0.4, -0.2) is 37.9 Å². The van der Waals surface area contributed by atoms with Crippen molar-refractivity contribution in [2.24, 2.45) is 0 Å². The van der Waals surface area contributed by atoms with Crippen LogP contribution >= 0.6 is 27.5 Å². The second-order valence-corrected chi connectivity index (χ2v) is 7.86. The molecule has 2 atom stereocenters. The molecule has 1 heterocycles. The van der Waals surface area contributed by atoms with E-state index in [1.807, 2.05) is 13.8 Å². The van der Waals surface area contributed by atoms with E-state index < -0.39 is 10.0 Å². The van der Waals surface area contributed by atoms with E-state index in [1.54, 1.807) is 18.2 Å². The molecule has 2 rings (SSSR count). The van der Waals surface area contributed by atoms with Crippen molar-refractivity contribution in [3.05, 3.63) is 27.7 Å². The Kier molecular flexibility index (Phi) is 4.57. The molecule has 0 radical (unpaired) electrons. The zero-order valence-corrected chi connectivity index (χ0v) is 13.9. The number of sulfonamides is 1. The lowest BCUT2D eigenvalue weighted by Gasteiger charge is -2.37. The van der Waals surface area contributed by atoms with Crippen molar-refractivity contribution < 1.29 is 8.42 Å². The second kappa shape index (κ2) is 5.69. The summed E-state index contributed by atoms with van der Waals surface area (Å²) in [5.74, 6) is 0. The molecule has 1 aliphatic rings. The predicted molar refractivity (Wildman–Crippen MR) is 80.0 cm³/mol. The van der Waals surface area contributed by atoms with Gasteiger partial charge in [-0.15, -0.1) is 0 Å². The van der Waals surface area contributed by atoms with Crippen LogP contribution in [0.4, 0.5) is 0 Å². The highest BCUT2D eigenvalue weighted by Gasteiger charge is 2.35. The molecule has 0 saturated carbocycles. The van der Waals surface area contributed by atoms with Crippen LogP contribution in [-0.2, 0) is 10.0 Å². The smallest absolute Gasteiger partial charge is 0.244 e. The van der Waals surface area contributed by atoms with Gasteiger partial charge in [-0.1, -0.05) is 27.5 Å². The molecule has 0 spiro atoms. The first-order chi connectivity index (χ1) is 8.84. The molecule has 0 amide bonds. The molecular weight excluding hydrogens is 352 g/mol. The minimum absolute atomic E-state index is 0.103. The lowest BCUT2D eigenvalue weighted by Crippen LogP contribution is -2.57. The Morgan fingerprint density at radius 2 is 2.11 bits per heavy atom. The van der Waals surface area contributed by atoms with E-state index in [1.165, 1.54) is 4.31 Å². The highest BCUT2D eigenvalue weighted by molar-refractivity contribution is 9.10. The van der Waals surface area contributed by atoms with E-state index in [9.17, 15) is 8.42 Å². The van der Waals surface area contributed by atoms with Crippen molar-refractivity contribution in [2.45, 2.75) is 30.8 Å². The molecule has 106 valence electrons. The van der Waals surface area contributed by atoms with E-state index >= 15 is 0 Å². The van der Waals surface area contributed by atoms with Crippen LogP contribution in [0.2, 0.25) is 5.02 Å². The van der Waals surface area contributed by atoms with E-state index in [0.29, 0.717) is 17.6 Å². The molecule has 1 N–H and O–H groups in total. The average Bonchev–Trinajstić information content (AvgIpc) is 2.35. The van der Waals surface area contributed by atoms with Gasteiger partial charge in [0.1, 0.15) is 4.90 Å². The molecule has 1 aliphatic heterocycles. The molecule has 1 aromatic carbocycles. The van der Waals surface area contributed by atoms with E-state index in [4.69, 9.17) is 11.6 Å². The third-order valence-electron chi connectivity index (χ3n) is 3.46. The fraction of sp³-hybridized carbons (Fsp3) is 0.500. The summed E-state index contributed by atoms with van der Waals surface area (Å²) >= 11 is 9.33. The maximum absolute atomic E-state index is 12.7. The highest BCUT2D eigenvalue weighted by Crippen LogP contribution is 2.29. The van der Waals surface area contributed by atoms with Gasteiger partial charge in [0, 0.05) is 29.6 Å². The summed E-state index contributed by atoms with van der Waals surface area (Å²) < 4.78 is 27.6. The lowest BCUT2D eigenvalue weighted by molar-refractivity contribution is 0.233. The third kappa shape index (κ3) is 2.97. The van der Waals surface area contributed by atoms with Gasteiger partial charge in [0.25, 0.3) is 0 Å². The normalized spacial score (nSPS) is 25.5. The molecule has 0 aromatic heterocycles. The van der Waals surface area contributed by atoms with Crippen molar-refractivity contribution >= 4 is 37.6 Å². The summed E-state index contributed by atoms with van der Waals surface area (Å²) in [5, 5.41) is 3.51. The van der Waals surface area contributed by atoms with E-state index in [2.05, 4.69) is 21.2 Å². The Labute approximate surface area is 127 Å². The summed E-state index contributed by atoms with van der Waals surface area (Å²) in [4.78, 5) is 0.157. The first-order valence-corrected chi connectivity index (χ1v) is 8.65. The van der Waals surface area contributed by atoms with Gasteiger partial charge in [0.2, 0.25) is 10.0 Å². The number of halogens is 2. The Balaban J connectivity index is 2.44. The molecular formula is C12H16BrClN2O2S. The molecule has 19 heavy (non-hydrogen) atoms. The van der Waals surface area contributed by atoms with Gasteiger partial charge < -0.3 is 5.32 Å². The number of nitrogens with zero attached hydrogens (tertiary/aromatic N) is 1. The average molecular weight is 368 g/mol. The Morgan fingerprint density at radius 3 is 2.79 bits per heavy atom. The maximum atomic E-state index is 12.7. The molecule has 2 unspecified atom stereocenters. The van der Waals surface area contributed by atoms with Crippen LogP contribution in [0.25, 0.3) is 0 Å². The van der Waals surface area contributed by atoms with Gasteiger partial charge in [-0.25, -0.2) is 8.42 Å². The number of hydrogen-bond acceptors (Lipinski definition) is 3. The van der Waals surface area contributed by atoms with Crippen LogP contribution in [0.5, 0.6) is 0 Å². The molecule has 7 heteroatoms. The van der Waals surface area contributed by atoms with Gasteiger partial charge >= 0.3 is 0 Å². The molecule has 0 bridgehead atoms. The van der Waals surface area contributed by atoms with Crippen molar-refractivity contribution in [3.8, 4) is 0 Å². The zero-order valence-electron chi connectivity index (χ0n) is 10.7. The first-order valence-electron chi connectivity index (χ1n) is 6.04. The summed E-state index contributed by atoms with van der Waals surface area (Å²) in [6.07, 6.45) is 0. The lowest BCUT2D eigenvalue weighted by atomic mass is 10.1. The van der Waals surface area contributed by atoms with Gasteiger partial charge in [-0.05, 0) is 32.0 Å². The fourth-order valence-electron chi connectivity index (χ4n) is 2.17. The van der Waals surface area contributed by atoms with Crippen LogP contribution < -0.4 is 5.32 Å². The Hall–Kier alpha value is -0.140. The molecule has 1 aromatic rings. The summed E-state index contributed by atoms with van der Waals surface area (Å²) in [6, 6.07) is 4.89. The number of hydrogen-bond donors (Lipinski definition) is 1. The van der Waals surface area contributed by atoms with Crippen LogP contribution in [0.3, 0.4) is 0 Å². The summed E-state index contributed by atoms with van der Waals surface area (Å²) in [5.41, 5.74) is 0. The van der Waals surface area contributed by atoms with Crippen molar-refractivity contribution in [1.82, 2.24) is 9.62 Å². The quantitative estimate of drug-likeness (QED) is 0.873. The van der Waals surface area contributed by atoms with Crippen LogP contribution in [0.15, 0.2) is 27.6 Å². The van der Waals surface area contributed by atoms with E-state index in [0.717, 1.165) is 0 Å². The van der Waals surface area contributed by atoms with Gasteiger partial charge in [0.05, 0.1) is 5.02 Å². The molecule has 0 aliphatic carbocycles. The minimum atomic E-state index is -3.57. The minimum Gasteiger partial charge on any atom is -0.311 e. The molecule has 1 saturated heterocycles. The van der Waals surface area contributed by atoms with Gasteiger partial charge in [-0.3, -0.25) is 0 Å². The second-order valence-electron chi connectivity index (χ2n) is 4.67. The Bertz CT molecular complexity index is 579. The molecule has 4 nitrogen and oxygen atoms in total. The largest absolute Gasteiger partial charge is 0.311 e. The number of benzene rings is 1. The maximum Gasteiger partial charge on any atom is 0.244 e. The predicted octanol–water partition coefficient (Wildman–Crippen LogP) is 2.47. The van der Waals surface area contributed by atoms with Crippen LogP contribution in [0.1, 0.15) is 13.8 Å². The van der Waals surface area contributed by atoms with Crippen molar-refractivity contribution in [2.75, 3.05) is 13.1 Å². The standard InChI is InChI=1S/C12H16BrClN2O2S/c1-8-9(2)16(6-5-15-8)19(17,18)12-7-10(13)3-4-11(12)14/h3-4,7-9,15H,5-6H2,1-2H3. The first kappa shape index (κ1) is 15.3. The SMILES string of the molecule is CC1NCCN(S(=O)(=O)c2cc(Br)ccc2Cl)C1C. The van der Waals surface area contributed by atoms with Crippen molar-refractivity contribution in [3.63, 3.8) is 0 Å². The number of piperazine rings is 1. The zero-order chi connectivity index (χ0) is 14.2. The van der Waals surface area contributed by atoms with Gasteiger partial charge in [0.15, 0.2) is 0 Å². The fourth-order valence-corrected chi connectivity index (χ4v) is 4.88. The number of rotatable bonds is 2. The molecule has 1 fully saturated rings. The Morgan fingerprint density at radius 1 is 1.42 bits per heavy atom. The topological polar surface area (TPSA) is 49.4 Å². The van der Waals surface area contributed by atoms with E-state index in [-0.39, 0.29) is 22.0 Å². The number of nitrogens with one attached hydrogen (secondary N) is 1. The third-order valence-corrected chi connectivity index (χ3v) is 6.42. The monoisotopic (exact) mass is 366 g/mol. The summed E-state index contributed by atoms with van der Waals surface area (Å²) in [7, 11) is -3.57. The highest BCUT2D eigenvalue weighted by atomic mass is 79.9. The van der Waals surface area contributed by atoms with Crippen molar-refractivity contribution in [1.29, 1.82) is 0 Å².